The Labute approximate surface area is 261 Å². The Balaban J connectivity index is 1.48. The number of ether oxygens (including phenoxy) is 5. The van der Waals surface area contributed by atoms with Gasteiger partial charge in [0.2, 0.25) is 0 Å². The van der Waals surface area contributed by atoms with Crippen LogP contribution in [0.2, 0.25) is 0 Å². The molecule has 1 aliphatic rings. The maximum Gasteiger partial charge on any atom is 0.338 e. The fraction of sp³-hybridized carbons (Fsp3) is 0.176. The van der Waals surface area contributed by atoms with Crippen molar-refractivity contribution in [1.82, 2.24) is 0 Å². The first-order chi connectivity index (χ1) is 21.4. The van der Waals surface area contributed by atoms with Gasteiger partial charge in [-0.25, -0.2) is 19.2 Å². The normalized spacial score (nSPS) is 21.0. The van der Waals surface area contributed by atoms with Gasteiger partial charge >= 0.3 is 23.9 Å². The van der Waals surface area contributed by atoms with Crippen LogP contribution in [0.4, 0.5) is 0 Å². The Morgan fingerprint density at radius 1 is 0.500 bits per heavy atom. The summed E-state index contributed by atoms with van der Waals surface area (Å²) in [5.74, 6) is -2.85. The van der Waals surface area contributed by atoms with Gasteiger partial charge in [0.1, 0.15) is 12.7 Å². The number of esters is 4. The number of rotatable bonds is 9. The SMILES string of the molecule is O=C(OC[C@H]1O[C@@H](Br)[C@@H](OC(=O)c2ccccc2)[C@@H](OC(=O)c2ccccc2)[C@H]1OC(=O)c1ccccc1)c1ccccc1. The second-order valence-corrected chi connectivity index (χ2v) is 10.6. The number of carbonyl (C=O) groups is 4. The van der Waals surface area contributed by atoms with Crippen molar-refractivity contribution >= 4 is 39.8 Å². The van der Waals surface area contributed by atoms with Crippen LogP contribution in [0.15, 0.2) is 121 Å². The smallest absolute Gasteiger partial charge is 0.338 e. The minimum absolute atomic E-state index is 0.221. The third-order valence-corrected chi connectivity index (χ3v) is 7.46. The molecule has 5 atom stereocenters. The minimum Gasteiger partial charge on any atom is -0.459 e. The second-order valence-electron chi connectivity index (χ2n) is 9.70. The molecule has 4 aromatic rings. The summed E-state index contributed by atoms with van der Waals surface area (Å²) in [5, 5.41) is -1.05. The number of halogens is 1. The van der Waals surface area contributed by atoms with E-state index in [1.54, 1.807) is 121 Å². The van der Waals surface area contributed by atoms with E-state index in [0.29, 0.717) is 5.56 Å². The van der Waals surface area contributed by atoms with E-state index in [9.17, 15) is 19.2 Å². The predicted octanol–water partition coefficient (Wildman–Crippen LogP) is 5.64. The highest BCUT2D eigenvalue weighted by Gasteiger charge is 2.52. The van der Waals surface area contributed by atoms with E-state index in [4.69, 9.17) is 23.7 Å². The summed E-state index contributed by atoms with van der Waals surface area (Å²) < 4.78 is 29.3. The molecule has 10 heteroatoms. The molecule has 0 aliphatic carbocycles. The summed E-state index contributed by atoms with van der Waals surface area (Å²) in [7, 11) is 0. The van der Waals surface area contributed by atoms with Crippen molar-refractivity contribution in [3.63, 3.8) is 0 Å². The van der Waals surface area contributed by atoms with Gasteiger partial charge in [-0.05, 0) is 48.5 Å². The number of alkyl halides is 1. The molecule has 0 saturated carbocycles. The van der Waals surface area contributed by atoms with Gasteiger partial charge in [0.15, 0.2) is 23.3 Å². The zero-order valence-electron chi connectivity index (χ0n) is 23.2. The van der Waals surface area contributed by atoms with Crippen molar-refractivity contribution in [2.75, 3.05) is 6.61 Å². The van der Waals surface area contributed by atoms with E-state index in [1.165, 1.54) is 0 Å². The minimum atomic E-state index is -1.37. The molecule has 1 heterocycles. The van der Waals surface area contributed by atoms with E-state index in [1.807, 2.05) is 0 Å². The van der Waals surface area contributed by atoms with E-state index in [-0.39, 0.29) is 23.3 Å². The second kappa shape index (κ2) is 14.6. The molecule has 0 aromatic heterocycles. The van der Waals surface area contributed by atoms with E-state index in [2.05, 4.69) is 15.9 Å². The Kier molecular flexibility index (Phi) is 10.2. The van der Waals surface area contributed by atoms with E-state index in [0.717, 1.165) is 0 Å². The first-order valence-corrected chi connectivity index (χ1v) is 14.6. The Morgan fingerprint density at radius 2 is 0.841 bits per heavy atom. The molecule has 44 heavy (non-hydrogen) atoms. The quantitative estimate of drug-likeness (QED) is 0.128. The molecule has 0 N–H and O–H groups in total. The molecule has 0 bridgehead atoms. The van der Waals surface area contributed by atoms with Crippen LogP contribution in [-0.4, -0.2) is 59.9 Å². The van der Waals surface area contributed by atoms with Gasteiger partial charge in [-0.3, -0.25) is 0 Å². The highest BCUT2D eigenvalue weighted by atomic mass is 79.9. The first kappa shape index (κ1) is 30.7. The van der Waals surface area contributed by atoms with Crippen molar-refractivity contribution in [2.24, 2.45) is 0 Å². The van der Waals surface area contributed by atoms with Gasteiger partial charge in [-0.1, -0.05) is 88.7 Å². The average Bonchev–Trinajstić information content (AvgIpc) is 3.07. The number of benzene rings is 4. The van der Waals surface area contributed by atoms with Gasteiger partial charge in [-0.15, -0.1) is 0 Å². The number of hydrogen-bond donors (Lipinski definition) is 0. The van der Waals surface area contributed by atoms with Gasteiger partial charge in [0.25, 0.3) is 0 Å². The zero-order valence-corrected chi connectivity index (χ0v) is 24.8. The molecule has 224 valence electrons. The highest BCUT2D eigenvalue weighted by molar-refractivity contribution is 9.09. The topological polar surface area (TPSA) is 114 Å². The molecule has 5 rings (SSSR count). The Morgan fingerprint density at radius 3 is 1.25 bits per heavy atom. The van der Waals surface area contributed by atoms with Crippen LogP contribution in [0.3, 0.4) is 0 Å². The molecule has 0 radical (unpaired) electrons. The summed E-state index contributed by atoms with van der Waals surface area (Å²) in [6, 6.07) is 32.9. The van der Waals surface area contributed by atoms with Gasteiger partial charge in [-0.2, -0.15) is 0 Å². The third-order valence-electron chi connectivity index (χ3n) is 6.72. The van der Waals surface area contributed by atoms with Crippen LogP contribution in [-0.2, 0) is 23.7 Å². The van der Waals surface area contributed by atoms with E-state index < -0.39 is 53.3 Å². The number of hydrogen-bond acceptors (Lipinski definition) is 9. The lowest BCUT2D eigenvalue weighted by Crippen LogP contribution is -2.61. The summed E-state index contributed by atoms with van der Waals surface area (Å²) in [6.07, 6.45) is -5.13. The fourth-order valence-electron chi connectivity index (χ4n) is 4.51. The monoisotopic (exact) mass is 658 g/mol. The Bertz CT molecular complexity index is 1570. The van der Waals surface area contributed by atoms with Crippen LogP contribution in [0.25, 0.3) is 0 Å². The van der Waals surface area contributed by atoms with Gasteiger partial charge < -0.3 is 23.7 Å². The summed E-state index contributed by atoms with van der Waals surface area (Å²) in [4.78, 5) is 52.6. The van der Waals surface area contributed by atoms with Crippen LogP contribution in [0, 0.1) is 0 Å². The zero-order chi connectivity index (χ0) is 30.9. The molecule has 1 aliphatic heterocycles. The molecule has 9 nitrogen and oxygen atoms in total. The lowest BCUT2D eigenvalue weighted by atomic mass is 9.99. The highest BCUT2D eigenvalue weighted by Crippen LogP contribution is 2.33. The van der Waals surface area contributed by atoms with Crippen molar-refractivity contribution in [3.8, 4) is 0 Å². The van der Waals surface area contributed by atoms with Crippen molar-refractivity contribution in [1.29, 1.82) is 0 Å². The fourth-order valence-corrected chi connectivity index (χ4v) is 5.20. The summed E-state index contributed by atoms with van der Waals surface area (Å²) >= 11 is 3.40. The summed E-state index contributed by atoms with van der Waals surface area (Å²) in [5.41, 5.74) is 0.994. The molecular formula is C34H27BrO9. The van der Waals surface area contributed by atoms with Crippen LogP contribution < -0.4 is 0 Å². The molecular weight excluding hydrogens is 632 g/mol. The van der Waals surface area contributed by atoms with Crippen LogP contribution in [0.5, 0.6) is 0 Å². The predicted molar refractivity (Wildman–Crippen MR) is 161 cm³/mol. The van der Waals surface area contributed by atoms with Crippen molar-refractivity contribution < 1.29 is 42.9 Å². The maximum absolute atomic E-state index is 13.3. The largest absolute Gasteiger partial charge is 0.459 e. The number of carbonyl (C=O) groups excluding carboxylic acids is 4. The maximum atomic E-state index is 13.3. The third kappa shape index (κ3) is 7.58. The molecule has 0 spiro atoms. The van der Waals surface area contributed by atoms with Crippen LogP contribution in [0.1, 0.15) is 41.4 Å². The van der Waals surface area contributed by atoms with Gasteiger partial charge in [0, 0.05) is 0 Å². The van der Waals surface area contributed by atoms with Crippen LogP contribution >= 0.6 is 15.9 Å². The van der Waals surface area contributed by atoms with Crippen molar-refractivity contribution in [3.05, 3.63) is 144 Å². The van der Waals surface area contributed by atoms with Crippen molar-refractivity contribution in [2.45, 2.75) is 29.4 Å². The first-order valence-electron chi connectivity index (χ1n) is 13.7. The Hall–Kier alpha value is -4.80. The summed E-state index contributed by atoms with van der Waals surface area (Å²) in [6.45, 7) is -0.374. The molecule has 0 amide bonds. The molecule has 1 fully saturated rings. The van der Waals surface area contributed by atoms with Gasteiger partial charge in [0.05, 0.1) is 22.3 Å². The molecule has 1 saturated heterocycles. The molecule has 0 unspecified atom stereocenters. The lowest BCUT2D eigenvalue weighted by molar-refractivity contribution is -0.205. The van der Waals surface area contributed by atoms with E-state index >= 15 is 0 Å². The standard InChI is InChI=1S/C34H27BrO9/c35-30-29(44-34(39)25-19-11-4-12-20-25)28(43-33(38)24-17-9-3-10-18-24)27(42-32(37)23-15-7-2-8-16-23)26(41-30)21-40-31(36)22-13-5-1-6-14-22/h1-20,26-30H,21H2/t26-,27+,28+,29+,30-/m1/s1. The average molecular weight is 659 g/mol. The lowest BCUT2D eigenvalue weighted by Gasteiger charge is -2.43. The molecule has 4 aromatic carbocycles.